The highest BCUT2D eigenvalue weighted by molar-refractivity contribution is 6.74. The molecule has 1 N–H and O–H groups in total. The van der Waals surface area contributed by atoms with Crippen molar-refractivity contribution < 1.29 is 9.53 Å². The zero-order valence-corrected chi connectivity index (χ0v) is 16.5. The van der Waals surface area contributed by atoms with Gasteiger partial charge in [-0.2, -0.15) is 0 Å². The van der Waals surface area contributed by atoms with Crippen LogP contribution in [0.2, 0.25) is 18.1 Å². The van der Waals surface area contributed by atoms with E-state index in [0.29, 0.717) is 13.0 Å². The first-order valence-corrected chi connectivity index (χ1v) is 11.6. The van der Waals surface area contributed by atoms with Crippen LogP contribution in [0, 0.1) is 0 Å². The SMILES string of the molecule is CC(C)(C)[Si](C)(C)OC[C@@H](O)Cc1ccc(-c2ccccc2)cc1. The number of aliphatic hydroxyl groups is 1. The highest BCUT2D eigenvalue weighted by Gasteiger charge is 2.37. The van der Waals surface area contributed by atoms with Crippen LogP contribution < -0.4 is 0 Å². The summed E-state index contributed by atoms with van der Waals surface area (Å²) in [5.74, 6) is 0. The number of aliphatic hydroxyl groups excluding tert-OH is 1. The van der Waals surface area contributed by atoms with Gasteiger partial charge in [0.2, 0.25) is 0 Å². The van der Waals surface area contributed by atoms with Crippen LogP contribution in [-0.4, -0.2) is 26.1 Å². The summed E-state index contributed by atoms with van der Waals surface area (Å²) in [6.45, 7) is 11.5. The first-order chi connectivity index (χ1) is 11.2. The van der Waals surface area contributed by atoms with Gasteiger partial charge in [0.25, 0.3) is 0 Å². The molecule has 0 bridgehead atoms. The van der Waals surface area contributed by atoms with Gasteiger partial charge >= 0.3 is 0 Å². The minimum Gasteiger partial charge on any atom is -0.414 e. The molecule has 0 amide bonds. The molecule has 2 aromatic carbocycles. The summed E-state index contributed by atoms with van der Waals surface area (Å²) in [7, 11) is -1.80. The zero-order valence-electron chi connectivity index (χ0n) is 15.5. The molecule has 0 aliphatic heterocycles. The first kappa shape index (κ1) is 18.9. The van der Waals surface area contributed by atoms with Crippen molar-refractivity contribution >= 4 is 8.32 Å². The van der Waals surface area contributed by atoms with Crippen LogP contribution in [0.1, 0.15) is 26.3 Å². The third-order valence-electron chi connectivity index (χ3n) is 4.98. The van der Waals surface area contributed by atoms with E-state index in [2.05, 4.69) is 70.3 Å². The van der Waals surface area contributed by atoms with Gasteiger partial charge in [0, 0.05) is 6.42 Å². The van der Waals surface area contributed by atoms with E-state index < -0.39 is 14.4 Å². The molecule has 3 heteroatoms. The molecule has 0 aliphatic rings. The monoisotopic (exact) mass is 342 g/mol. The smallest absolute Gasteiger partial charge is 0.192 e. The van der Waals surface area contributed by atoms with Crippen LogP contribution >= 0.6 is 0 Å². The fourth-order valence-electron chi connectivity index (χ4n) is 2.32. The van der Waals surface area contributed by atoms with Crippen molar-refractivity contribution in [3.05, 3.63) is 60.2 Å². The Balaban J connectivity index is 1.92. The van der Waals surface area contributed by atoms with Crippen molar-refractivity contribution in [2.24, 2.45) is 0 Å². The molecular formula is C21H30O2Si. The third kappa shape index (κ3) is 5.03. The van der Waals surface area contributed by atoms with Gasteiger partial charge in [0.15, 0.2) is 8.32 Å². The topological polar surface area (TPSA) is 29.5 Å². The number of hydrogen-bond acceptors (Lipinski definition) is 2. The van der Waals surface area contributed by atoms with Crippen LogP contribution in [0.3, 0.4) is 0 Å². The summed E-state index contributed by atoms with van der Waals surface area (Å²) in [6.07, 6.45) is 0.172. The van der Waals surface area contributed by atoms with Crippen molar-refractivity contribution in [1.82, 2.24) is 0 Å². The van der Waals surface area contributed by atoms with E-state index >= 15 is 0 Å². The molecule has 0 aromatic heterocycles. The number of rotatable bonds is 6. The standard InChI is InChI=1S/C21H30O2Si/c1-21(2,3)24(4,5)23-16-20(22)15-17-11-13-19(14-12-17)18-9-7-6-8-10-18/h6-14,20,22H,15-16H2,1-5H3/t20-/m0/s1. The van der Waals surface area contributed by atoms with Crippen molar-refractivity contribution in [3.63, 3.8) is 0 Å². The van der Waals surface area contributed by atoms with E-state index in [1.807, 2.05) is 18.2 Å². The van der Waals surface area contributed by atoms with Gasteiger partial charge in [-0.3, -0.25) is 0 Å². The van der Waals surface area contributed by atoms with E-state index in [1.165, 1.54) is 11.1 Å². The second-order valence-electron chi connectivity index (χ2n) is 7.99. The van der Waals surface area contributed by atoms with E-state index in [9.17, 15) is 5.11 Å². The summed E-state index contributed by atoms with van der Waals surface area (Å²) in [6, 6.07) is 18.8. The van der Waals surface area contributed by atoms with Crippen molar-refractivity contribution in [1.29, 1.82) is 0 Å². The van der Waals surface area contributed by atoms with Crippen LogP contribution in [0.15, 0.2) is 54.6 Å². The molecule has 0 aliphatic carbocycles. The normalized spacial score (nSPS) is 13.8. The molecule has 1 atom stereocenters. The second-order valence-corrected chi connectivity index (χ2v) is 12.8. The maximum absolute atomic E-state index is 10.3. The third-order valence-corrected chi connectivity index (χ3v) is 9.48. The second kappa shape index (κ2) is 7.64. The molecule has 0 radical (unpaired) electrons. The van der Waals surface area contributed by atoms with E-state index in [0.717, 1.165) is 5.56 Å². The van der Waals surface area contributed by atoms with Crippen LogP contribution in [0.25, 0.3) is 11.1 Å². The van der Waals surface area contributed by atoms with Gasteiger partial charge < -0.3 is 9.53 Å². The molecule has 0 fully saturated rings. The minimum atomic E-state index is -1.80. The van der Waals surface area contributed by atoms with Gasteiger partial charge in [-0.15, -0.1) is 0 Å². The summed E-state index contributed by atoms with van der Waals surface area (Å²) in [5.41, 5.74) is 3.55. The number of benzene rings is 2. The molecule has 24 heavy (non-hydrogen) atoms. The Hall–Kier alpha value is -1.42. The lowest BCUT2D eigenvalue weighted by atomic mass is 10.0. The van der Waals surface area contributed by atoms with Crippen LogP contribution in [-0.2, 0) is 10.8 Å². The predicted molar refractivity (Wildman–Crippen MR) is 105 cm³/mol. The Bertz CT molecular complexity index is 627. The lowest BCUT2D eigenvalue weighted by molar-refractivity contribution is 0.100. The molecule has 0 unspecified atom stereocenters. The quantitative estimate of drug-likeness (QED) is 0.724. The Morgan fingerprint density at radius 3 is 2.00 bits per heavy atom. The molecular weight excluding hydrogens is 312 g/mol. The summed E-state index contributed by atoms with van der Waals surface area (Å²) in [4.78, 5) is 0. The fraction of sp³-hybridized carbons (Fsp3) is 0.429. The van der Waals surface area contributed by atoms with Gasteiger partial charge in [0.05, 0.1) is 12.7 Å². The molecule has 0 spiro atoms. The average molecular weight is 343 g/mol. The van der Waals surface area contributed by atoms with Gasteiger partial charge in [-0.25, -0.2) is 0 Å². The Morgan fingerprint density at radius 2 is 1.46 bits per heavy atom. The summed E-state index contributed by atoms with van der Waals surface area (Å²) >= 11 is 0. The fourth-order valence-corrected chi connectivity index (χ4v) is 3.36. The van der Waals surface area contributed by atoms with Crippen molar-refractivity contribution in [3.8, 4) is 11.1 Å². The van der Waals surface area contributed by atoms with E-state index in [4.69, 9.17) is 4.43 Å². The Labute approximate surface area is 147 Å². The maximum atomic E-state index is 10.3. The van der Waals surface area contributed by atoms with Crippen LogP contribution in [0.4, 0.5) is 0 Å². The summed E-state index contributed by atoms with van der Waals surface area (Å²) in [5, 5.41) is 10.5. The summed E-state index contributed by atoms with van der Waals surface area (Å²) < 4.78 is 6.11. The van der Waals surface area contributed by atoms with Crippen LogP contribution in [0.5, 0.6) is 0 Å². The molecule has 0 saturated carbocycles. The molecule has 2 nitrogen and oxygen atoms in total. The molecule has 0 heterocycles. The Morgan fingerprint density at radius 1 is 0.917 bits per heavy atom. The first-order valence-electron chi connectivity index (χ1n) is 8.65. The minimum absolute atomic E-state index is 0.171. The zero-order chi connectivity index (χ0) is 17.8. The van der Waals surface area contributed by atoms with Crippen molar-refractivity contribution in [2.75, 3.05) is 6.61 Å². The Kier molecular flexibility index (Phi) is 6.02. The van der Waals surface area contributed by atoms with Gasteiger partial charge in [-0.05, 0) is 34.8 Å². The molecule has 2 rings (SSSR count). The lowest BCUT2D eigenvalue weighted by Crippen LogP contribution is -2.42. The molecule has 130 valence electrons. The van der Waals surface area contributed by atoms with Gasteiger partial charge in [0.1, 0.15) is 0 Å². The molecule has 0 saturated heterocycles. The average Bonchev–Trinajstić information content (AvgIpc) is 2.53. The predicted octanol–water partition coefficient (Wildman–Crippen LogP) is 5.28. The largest absolute Gasteiger partial charge is 0.414 e. The molecule has 2 aromatic rings. The highest BCUT2D eigenvalue weighted by atomic mass is 28.4. The van der Waals surface area contributed by atoms with Gasteiger partial charge in [-0.1, -0.05) is 75.4 Å². The highest BCUT2D eigenvalue weighted by Crippen LogP contribution is 2.36. The van der Waals surface area contributed by atoms with E-state index in [-0.39, 0.29) is 5.04 Å². The van der Waals surface area contributed by atoms with Crippen molar-refractivity contribution in [2.45, 2.75) is 51.4 Å². The number of hydrogen-bond donors (Lipinski definition) is 1. The van der Waals surface area contributed by atoms with E-state index in [1.54, 1.807) is 0 Å². The maximum Gasteiger partial charge on any atom is 0.192 e. The lowest BCUT2D eigenvalue weighted by Gasteiger charge is -2.36.